The highest BCUT2D eigenvalue weighted by atomic mass is 32.1. The average molecular weight is 329 g/mol. The van der Waals surface area contributed by atoms with E-state index < -0.39 is 7.14 Å². The lowest BCUT2D eigenvalue weighted by Gasteiger charge is -2.14. The molecule has 0 radical (unpaired) electrons. The summed E-state index contributed by atoms with van der Waals surface area (Å²) in [5.74, 6) is 0. The van der Waals surface area contributed by atoms with Gasteiger partial charge in [-0.1, -0.05) is 50.2 Å². The number of nitrogens with zero attached hydrogens (tertiary/aromatic N) is 1. The van der Waals surface area contributed by atoms with Gasteiger partial charge in [0.25, 0.3) is 0 Å². The topological polar surface area (TPSA) is 30.0 Å². The molecule has 0 amide bonds. The van der Waals surface area contributed by atoms with E-state index in [1.165, 1.54) is 4.70 Å². The van der Waals surface area contributed by atoms with Crippen LogP contribution in [0.15, 0.2) is 48.5 Å². The van der Waals surface area contributed by atoms with Crippen molar-refractivity contribution < 1.29 is 4.57 Å². The summed E-state index contributed by atoms with van der Waals surface area (Å²) >= 11 is 1.71. The minimum atomic E-state index is -2.03. The standard InChI is InChI=1S/C18H20NOPS/c1-3-21(20,4-2)13-14-9-11-15(12-10-14)18-19-16-7-5-6-8-17(16)22-18/h5-12H,3-4,13H2,1-2H3. The van der Waals surface area contributed by atoms with Crippen molar-refractivity contribution in [2.24, 2.45) is 0 Å². The molecule has 114 valence electrons. The second-order valence-electron chi connectivity index (χ2n) is 5.53. The van der Waals surface area contributed by atoms with Gasteiger partial charge in [0.2, 0.25) is 0 Å². The van der Waals surface area contributed by atoms with Crippen molar-refractivity contribution in [3.63, 3.8) is 0 Å². The second-order valence-corrected chi connectivity index (χ2v) is 10.3. The third kappa shape index (κ3) is 3.16. The molecule has 0 unspecified atom stereocenters. The zero-order valence-corrected chi connectivity index (χ0v) is 14.7. The minimum Gasteiger partial charge on any atom is -0.323 e. The molecule has 0 atom stereocenters. The fourth-order valence-corrected chi connectivity index (χ4v) is 5.27. The molecule has 0 saturated carbocycles. The summed E-state index contributed by atoms with van der Waals surface area (Å²) in [4.78, 5) is 4.68. The molecular weight excluding hydrogens is 309 g/mol. The molecule has 0 saturated heterocycles. The van der Waals surface area contributed by atoms with Crippen molar-refractivity contribution in [2.45, 2.75) is 20.0 Å². The van der Waals surface area contributed by atoms with Gasteiger partial charge in [-0.05, 0) is 30.0 Å². The molecule has 0 fully saturated rings. The third-order valence-corrected chi connectivity index (χ3v) is 8.45. The average Bonchev–Trinajstić information content (AvgIpc) is 2.99. The number of thiazole rings is 1. The van der Waals surface area contributed by atoms with Crippen LogP contribution in [0, 0.1) is 0 Å². The van der Waals surface area contributed by atoms with Gasteiger partial charge in [-0.15, -0.1) is 11.3 Å². The van der Waals surface area contributed by atoms with Crippen LogP contribution < -0.4 is 0 Å². The molecule has 22 heavy (non-hydrogen) atoms. The fourth-order valence-electron chi connectivity index (χ4n) is 2.53. The molecule has 2 aromatic carbocycles. The highest BCUT2D eigenvalue weighted by molar-refractivity contribution is 7.63. The Morgan fingerprint density at radius 1 is 1.00 bits per heavy atom. The summed E-state index contributed by atoms with van der Waals surface area (Å²) in [6, 6.07) is 16.6. The molecule has 1 aromatic heterocycles. The Kier molecular flexibility index (Phi) is 4.46. The van der Waals surface area contributed by atoms with Crippen molar-refractivity contribution in [1.29, 1.82) is 0 Å². The van der Waals surface area contributed by atoms with Crippen LogP contribution in [-0.2, 0) is 10.7 Å². The lowest BCUT2D eigenvalue weighted by molar-refractivity contribution is 0.575. The summed E-state index contributed by atoms with van der Waals surface area (Å²) < 4.78 is 13.8. The molecule has 0 N–H and O–H groups in total. The normalized spacial score (nSPS) is 11.9. The van der Waals surface area contributed by atoms with Gasteiger partial charge in [0.1, 0.15) is 5.01 Å². The number of fused-ring (bicyclic) bond motifs is 1. The molecular formula is C18H20NOPS. The Morgan fingerprint density at radius 3 is 2.32 bits per heavy atom. The highest BCUT2D eigenvalue weighted by Crippen LogP contribution is 2.48. The van der Waals surface area contributed by atoms with Gasteiger partial charge in [0.15, 0.2) is 0 Å². The van der Waals surface area contributed by atoms with E-state index in [0.717, 1.165) is 34.0 Å². The maximum absolute atomic E-state index is 12.6. The molecule has 0 aliphatic carbocycles. The lowest BCUT2D eigenvalue weighted by atomic mass is 10.2. The first-order valence-corrected chi connectivity index (χ1v) is 10.7. The Hall–Kier alpha value is -1.44. The summed E-state index contributed by atoms with van der Waals surface area (Å²) in [5.41, 5.74) is 3.35. The van der Waals surface area contributed by atoms with Gasteiger partial charge in [0.05, 0.1) is 17.4 Å². The van der Waals surface area contributed by atoms with E-state index in [-0.39, 0.29) is 0 Å². The number of aromatic nitrogens is 1. The SMILES string of the molecule is CCP(=O)(CC)Cc1ccc(-c2nc3ccccc3s2)cc1. The Morgan fingerprint density at radius 2 is 1.68 bits per heavy atom. The van der Waals surface area contributed by atoms with Crippen LogP contribution in [-0.4, -0.2) is 17.3 Å². The first kappa shape index (κ1) is 15.5. The monoisotopic (exact) mass is 329 g/mol. The van der Waals surface area contributed by atoms with Crippen molar-refractivity contribution in [1.82, 2.24) is 4.98 Å². The van der Waals surface area contributed by atoms with Crippen LogP contribution in [0.5, 0.6) is 0 Å². The van der Waals surface area contributed by atoms with Gasteiger partial charge in [0, 0.05) is 11.7 Å². The summed E-state index contributed by atoms with van der Waals surface area (Å²) in [6.07, 6.45) is 2.27. The van der Waals surface area contributed by atoms with Gasteiger partial charge >= 0.3 is 0 Å². The summed E-state index contributed by atoms with van der Waals surface area (Å²) in [7, 11) is -2.03. The summed E-state index contributed by atoms with van der Waals surface area (Å²) in [6.45, 7) is 4.06. The highest BCUT2D eigenvalue weighted by Gasteiger charge is 2.17. The number of para-hydroxylation sites is 1. The van der Waals surface area contributed by atoms with Crippen molar-refractivity contribution in [3.05, 3.63) is 54.1 Å². The minimum absolute atomic E-state index is 0.708. The number of benzene rings is 2. The van der Waals surface area contributed by atoms with Gasteiger partial charge in [-0.25, -0.2) is 4.98 Å². The fraction of sp³-hybridized carbons (Fsp3) is 0.278. The molecule has 4 heteroatoms. The molecule has 0 bridgehead atoms. The molecule has 0 aliphatic heterocycles. The Balaban J connectivity index is 1.86. The first-order chi connectivity index (χ1) is 10.6. The third-order valence-electron chi connectivity index (χ3n) is 4.12. The van der Waals surface area contributed by atoms with E-state index in [4.69, 9.17) is 0 Å². The Labute approximate surface area is 135 Å². The van der Waals surface area contributed by atoms with Crippen LogP contribution in [0.4, 0.5) is 0 Å². The largest absolute Gasteiger partial charge is 0.323 e. The van der Waals surface area contributed by atoms with Crippen molar-refractivity contribution in [3.8, 4) is 10.6 Å². The smallest absolute Gasteiger partial charge is 0.124 e. The van der Waals surface area contributed by atoms with Gasteiger partial charge < -0.3 is 4.57 Å². The first-order valence-electron chi connectivity index (χ1n) is 7.65. The number of hydrogen-bond acceptors (Lipinski definition) is 3. The predicted octanol–water partition coefficient (Wildman–Crippen LogP) is 5.87. The van der Waals surface area contributed by atoms with E-state index in [1.807, 2.05) is 32.0 Å². The zero-order chi connectivity index (χ0) is 15.6. The van der Waals surface area contributed by atoms with E-state index in [9.17, 15) is 4.57 Å². The second kappa shape index (κ2) is 6.36. The predicted molar refractivity (Wildman–Crippen MR) is 97.4 cm³/mol. The number of rotatable bonds is 5. The van der Waals surface area contributed by atoms with Gasteiger partial charge in [-0.2, -0.15) is 0 Å². The molecule has 2 nitrogen and oxygen atoms in total. The van der Waals surface area contributed by atoms with Crippen LogP contribution in [0.1, 0.15) is 19.4 Å². The van der Waals surface area contributed by atoms with Crippen LogP contribution in [0.25, 0.3) is 20.8 Å². The van der Waals surface area contributed by atoms with E-state index in [0.29, 0.717) is 6.16 Å². The van der Waals surface area contributed by atoms with Crippen LogP contribution in [0.2, 0.25) is 0 Å². The van der Waals surface area contributed by atoms with E-state index in [2.05, 4.69) is 35.3 Å². The maximum atomic E-state index is 12.6. The molecule has 3 aromatic rings. The van der Waals surface area contributed by atoms with Crippen molar-refractivity contribution >= 4 is 28.7 Å². The Bertz CT molecular complexity index is 781. The number of hydrogen-bond donors (Lipinski definition) is 0. The quantitative estimate of drug-likeness (QED) is 0.548. The van der Waals surface area contributed by atoms with Crippen molar-refractivity contribution in [2.75, 3.05) is 12.3 Å². The van der Waals surface area contributed by atoms with Crippen LogP contribution in [0.3, 0.4) is 0 Å². The molecule has 0 aliphatic rings. The molecule has 3 rings (SSSR count). The van der Waals surface area contributed by atoms with E-state index in [1.54, 1.807) is 11.3 Å². The maximum Gasteiger partial charge on any atom is 0.124 e. The van der Waals surface area contributed by atoms with E-state index >= 15 is 0 Å². The summed E-state index contributed by atoms with van der Waals surface area (Å²) in [5, 5.41) is 1.04. The zero-order valence-electron chi connectivity index (χ0n) is 13.0. The lowest BCUT2D eigenvalue weighted by Crippen LogP contribution is -1.94. The van der Waals surface area contributed by atoms with Crippen LogP contribution >= 0.6 is 18.5 Å². The van der Waals surface area contributed by atoms with Gasteiger partial charge in [-0.3, -0.25) is 0 Å². The molecule has 0 spiro atoms. The molecule has 1 heterocycles.